The maximum absolute atomic E-state index is 11.2. The van der Waals surface area contributed by atoms with Crippen molar-refractivity contribution in [3.8, 4) is 0 Å². The highest BCUT2D eigenvalue weighted by Crippen LogP contribution is 1.85. The molecular formula is C7H9N3O4. The summed E-state index contributed by atoms with van der Waals surface area (Å²) in [5, 5.41) is 0. The molecule has 0 unspecified atom stereocenters. The number of amides is 1. The minimum absolute atomic E-state index is 0.186. The van der Waals surface area contributed by atoms with Crippen LogP contribution < -0.4 is 16.7 Å². The molecule has 0 atom stereocenters. The van der Waals surface area contributed by atoms with E-state index >= 15 is 0 Å². The molecule has 0 bridgehead atoms. The molecule has 7 nitrogen and oxygen atoms in total. The highest BCUT2D eigenvalue weighted by atomic mass is 16.6. The van der Waals surface area contributed by atoms with Crippen LogP contribution in [0, 0.1) is 0 Å². The molecule has 14 heavy (non-hydrogen) atoms. The summed E-state index contributed by atoms with van der Waals surface area (Å²) in [5.41, 5.74) is 0.462. The second kappa shape index (κ2) is 3.88. The highest BCUT2D eigenvalue weighted by molar-refractivity contribution is 5.92. The summed E-state index contributed by atoms with van der Waals surface area (Å²) in [7, 11) is 2.66. The first-order valence-electron chi connectivity index (χ1n) is 3.69. The van der Waals surface area contributed by atoms with Crippen LogP contribution in [0.2, 0.25) is 0 Å². The molecule has 0 spiro atoms. The van der Waals surface area contributed by atoms with Gasteiger partial charge in [-0.3, -0.25) is 19.4 Å². The normalized spacial score (nSPS) is 9.86. The standard InChI is InChI=1S/C7H9N3O4/c1-10-3-4(6(12)9-14-2)5(11)8-7(10)13/h3H,1-2H3,(H,9,12)(H,8,11,13). The minimum atomic E-state index is -0.748. The topological polar surface area (TPSA) is 93.2 Å². The van der Waals surface area contributed by atoms with E-state index in [1.54, 1.807) is 0 Å². The van der Waals surface area contributed by atoms with Crippen LogP contribution in [0.15, 0.2) is 15.8 Å². The number of hydrogen-bond acceptors (Lipinski definition) is 4. The quantitative estimate of drug-likeness (QED) is 0.559. The van der Waals surface area contributed by atoms with Crippen molar-refractivity contribution in [1.82, 2.24) is 15.0 Å². The Bertz CT molecular complexity index is 459. The Kier molecular flexibility index (Phi) is 2.82. The van der Waals surface area contributed by atoms with Gasteiger partial charge in [-0.15, -0.1) is 0 Å². The molecule has 76 valence electrons. The lowest BCUT2D eigenvalue weighted by Crippen LogP contribution is -2.35. The molecule has 0 radical (unpaired) electrons. The summed E-state index contributed by atoms with van der Waals surface area (Å²) in [6.07, 6.45) is 1.13. The second-order valence-corrected chi connectivity index (χ2v) is 2.55. The zero-order chi connectivity index (χ0) is 10.7. The van der Waals surface area contributed by atoms with Crippen molar-refractivity contribution in [3.63, 3.8) is 0 Å². The number of carbonyl (C=O) groups is 1. The number of aromatic nitrogens is 2. The van der Waals surface area contributed by atoms with Crippen molar-refractivity contribution < 1.29 is 9.63 Å². The van der Waals surface area contributed by atoms with Gasteiger partial charge in [0.2, 0.25) is 0 Å². The number of H-pyrrole nitrogens is 1. The molecule has 0 aliphatic heterocycles. The van der Waals surface area contributed by atoms with Crippen molar-refractivity contribution in [2.75, 3.05) is 7.11 Å². The van der Waals surface area contributed by atoms with Crippen LogP contribution in [-0.4, -0.2) is 22.6 Å². The van der Waals surface area contributed by atoms with Gasteiger partial charge >= 0.3 is 5.69 Å². The van der Waals surface area contributed by atoms with Crippen LogP contribution >= 0.6 is 0 Å². The van der Waals surface area contributed by atoms with Crippen molar-refractivity contribution in [3.05, 3.63) is 32.6 Å². The molecule has 1 heterocycles. The van der Waals surface area contributed by atoms with Gasteiger partial charge in [0.15, 0.2) is 0 Å². The summed E-state index contributed by atoms with van der Waals surface area (Å²) in [5.74, 6) is -0.704. The number of hydrogen-bond donors (Lipinski definition) is 2. The Hall–Kier alpha value is -1.89. The second-order valence-electron chi connectivity index (χ2n) is 2.55. The third-order valence-electron chi connectivity index (χ3n) is 1.55. The number of nitrogens with one attached hydrogen (secondary N) is 2. The fraction of sp³-hybridized carbons (Fsp3) is 0.286. The number of carbonyl (C=O) groups excluding carboxylic acids is 1. The van der Waals surface area contributed by atoms with E-state index in [4.69, 9.17) is 0 Å². The average Bonchev–Trinajstić information content (AvgIpc) is 2.11. The van der Waals surface area contributed by atoms with Crippen LogP contribution in [0.1, 0.15) is 10.4 Å². The molecule has 0 aromatic carbocycles. The molecule has 1 rings (SSSR count). The largest absolute Gasteiger partial charge is 0.328 e. The molecule has 1 amide bonds. The Morgan fingerprint density at radius 2 is 2.21 bits per heavy atom. The fourth-order valence-corrected chi connectivity index (χ4v) is 0.873. The molecule has 0 saturated carbocycles. The lowest BCUT2D eigenvalue weighted by atomic mass is 10.3. The first-order valence-corrected chi connectivity index (χ1v) is 3.69. The van der Waals surface area contributed by atoms with Gasteiger partial charge in [-0.25, -0.2) is 10.3 Å². The van der Waals surface area contributed by atoms with Crippen molar-refractivity contribution >= 4 is 5.91 Å². The maximum Gasteiger partial charge on any atom is 0.328 e. The predicted octanol–water partition coefficient (Wildman–Crippen LogP) is -1.64. The average molecular weight is 199 g/mol. The van der Waals surface area contributed by atoms with E-state index in [0.717, 1.165) is 10.8 Å². The van der Waals surface area contributed by atoms with E-state index in [9.17, 15) is 14.4 Å². The maximum atomic E-state index is 11.2. The summed E-state index contributed by atoms with van der Waals surface area (Å²) in [6.45, 7) is 0. The van der Waals surface area contributed by atoms with E-state index in [1.807, 2.05) is 10.5 Å². The Morgan fingerprint density at radius 1 is 1.57 bits per heavy atom. The number of aryl methyl sites for hydroxylation is 1. The summed E-state index contributed by atoms with van der Waals surface area (Å²) >= 11 is 0. The van der Waals surface area contributed by atoms with Crippen LogP contribution in [-0.2, 0) is 11.9 Å². The van der Waals surface area contributed by atoms with Gasteiger partial charge in [-0.05, 0) is 0 Å². The Morgan fingerprint density at radius 3 is 2.79 bits per heavy atom. The van der Waals surface area contributed by atoms with Crippen molar-refractivity contribution in [2.45, 2.75) is 0 Å². The highest BCUT2D eigenvalue weighted by Gasteiger charge is 2.11. The number of aromatic amines is 1. The van der Waals surface area contributed by atoms with Crippen molar-refractivity contribution in [2.24, 2.45) is 7.05 Å². The fourth-order valence-electron chi connectivity index (χ4n) is 0.873. The van der Waals surface area contributed by atoms with E-state index in [2.05, 4.69) is 4.84 Å². The van der Waals surface area contributed by atoms with Crippen LogP contribution in [0.3, 0.4) is 0 Å². The van der Waals surface area contributed by atoms with Gasteiger partial charge in [0.05, 0.1) is 7.11 Å². The Labute approximate surface area is 78.3 Å². The zero-order valence-corrected chi connectivity index (χ0v) is 7.66. The first-order chi connectivity index (χ1) is 6.56. The number of rotatable bonds is 2. The lowest BCUT2D eigenvalue weighted by molar-refractivity contribution is 0.0535. The third-order valence-corrected chi connectivity index (χ3v) is 1.55. The molecule has 7 heteroatoms. The molecule has 0 fully saturated rings. The van der Waals surface area contributed by atoms with Crippen LogP contribution in [0.25, 0.3) is 0 Å². The van der Waals surface area contributed by atoms with Gasteiger partial charge in [-0.1, -0.05) is 0 Å². The van der Waals surface area contributed by atoms with Gasteiger partial charge in [0, 0.05) is 13.2 Å². The number of nitrogens with zero attached hydrogens (tertiary/aromatic N) is 1. The lowest BCUT2D eigenvalue weighted by Gasteiger charge is -2.02. The van der Waals surface area contributed by atoms with Crippen molar-refractivity contribution in [1.29, 1.82) is 0 Å². The van der Waals surface area contributed by atoms with Crippen LogP contribution in [0.4, 0.5) is 0 Å². The summed E-state index contributed by atoms with van der Waals surface area (Å²) in [6, 6.07) is 0. The molecule has 0 saturated heterocycles. The summed E-state index contributed by atoms with van der Waals surface area (Å²) < 4.78 is 1.09. The molecular weight excluding hydrogens is 190 g/mol. The summed E-state index contributed by atoms with van der Waals surface area (Å²) in [4.78, 5) is 39.5. The Balaban J connectivity index is 3.23. The minimum Gasteiger partial charge on any atom is -0.303 e. The smallest absolute Gasteiger partial charge is 0.303 e. The van der Waals surface area contributed by atoms with Crippen LogP contribution in [0.5, 0.6) is 0 Å². The zero-order valence-electron chi connectivity index (χ0n) is 7.66. The van der Waals surface area contributed by atoms with E-state index < -0.39 is 17.2 Å². The van der Waals surface area contributed by atoms with Gasteiger partial charge in [0.1, 0.15) is 5.56 Å². The molecule has 1 aromatic heterocycles. The van der Waals surface area contributed by atoms with Gasteiger partial charge in [0.25, 0.3) is 11.5 Å². The predicted molar refractivity (Wildman–Crippen MR) is 46.8 cm³/mol. The molecule has 1 aromatic rings. The monoisotopic (exact) mass is 199 g/mol. The molecule has 0 aliphatic rings. The number of hydroxylamine groups is 1. The molecule has 0 aliphatic carbocycles. The van der Waals surface area contributed by atoms with Gasteiger partial charge in [-0.2, -0.15) is 0 Å². The van der Waals surface area contributed by atoms with E-state index in [-0.39, 0.29) is 5.56 Å². The van der Waals surface area contributed by atoms with E-state index in [1.165, 1.54) is 14.2 Å². The van der Waals surface area contributed by atoms with Gasteiger partial charge < -0.3 is 4.57 Å². The molecule has 2 N–H and O–H groups in total. The first kappa shape index (κ1) is 10.2. The van der Waals surface area contributed by atoms with E-state index in [0.29, 0.717) is 0 Å². The third kappa shape index (κ3) is 1.88. The SMILES string of the molecule is CONC(=O)c1cn(C)c(=O)[nH]c1=O.